The molecular weight excluding hydrogens is 352 g/mol. The minimum Gasteiger partial charge on any atom is -0.274 e. The molecule has 0 aliphatic rings. The number of carbonyl (C=O) groups excluding carboxylic acids is 1. The van der Waals surface area contributed by atoms with Crippen molar-refractivity contribution < 1.29 is 4.79 Å². The lowest BCUT2D eigenvalue weighted by Gasteiger charge is -2.20. The molecule has 0 fully saturated rings. The summed E-state index contributed by atoms with van der Waals surface area (Å²) >= 11 is 1.56. The number of aromatic nitrogens is 1. The van der Waals surface area contributed by atoms with Crippen molar-refractivity contribution in [3.8, 4) is 11.3 Å². The van der Waals surface area contributed by atoms with E-state index in [4.69, 9.17) is 4.98 Å². The Hall–Kier alpha value is -2.98. The van der Waals surface area contributed by atoms with E-state index in [1.807, 2.05) is 55.5 Å². The van der Waals surface area contributed by atoms with Gasteiger partial charge in [-0.1, -0.05) is 67.6 Å². The molecule has 1 aromatic heterocycles. The van der Waals surface area contributed by atoms with Crippen molar-refractivity contribution in [2.24, 2.45) is 0 Å². The first-order valence-electron chi connectivity index (χ1n) is 9.02. The van der Waals surface area contributed by atoms with Crippen LogP contribution in [0.25, 0.3) is 22.0 Å². The average Bonchev–Trinajstić information content (AvgIpc) is 3.09. The maximum absolute atomic E-state index is 12.8. The molecule has 4 heteroatoms. The Kier molecular flexibility index (Phi) is 4.73. The van der Waals surface area contributed by atoms with Gasteiger partial charge in [-0.05, 0) is 29.8 Å². The number of hydrogen-bond donors (Lipinski definition) is 0. The summed E-state index contributed by atoms with van der Waals surface area (Å²) in [5, 5.41) is 2.99. The van der Waals surface area contributed by atoms with Crippen LogP contribution in [0, 0.1) is 6.92 Å². The predicted molar refractivity (Wildman–Crippen MR) is 114 cm³/mol. The zero-order valence-electron chi connectivity index (χ0n) is 15.3. The highest BCUT2D eigenvalue weighted by Gasteiger charge is 2.22. The number of rotatable bonds is 4. The number of aryl methyl sites for hydroxylation is 1. The van der Waals surface area contributed by atoms with Crippen LogP contribution in [0.2, 0.25) is 0 Å². The molecule has 134 valence electrons. The summed E-state index contributed by atoms with van der Waals surface area (Å²) in [7, 11) is 0. The van der Waals surface area contributed by atoms with Gasteiger partial charge in [-0.25, -0.2) is 4.98 Å². The molecule has 0 aliphatic heterocycles. The Labute approximate surface area is 162 Å². The summed E-state index contributed by atoms with van der Waals surface area (Å²) in [5.41, 5.74) is 2.86. The number of nitrogens with zero attached hydrogens (tertiary/aromatic N) is 2. The van der Waals surface area contributed by atoms with Gasteiger partial charge in [0.2, 0.25) is 5.91 Å². The first-order chi connectivity index (χ1) is 13.2. The highest BCUT2D eigenvalue weighted by atomic mass is 32.1. The van der Waals surface area contributed by atoms with Gasteiger partial charge < -0.3 is 0 Å². The third kappa shape index (κ3) is 3.36. The zero-order chi connectivity index (χ0) is 18.8. The molecular formula is C23H20N2OS. The highest BCUT2D eigenvalue weighted by Crippen LogP contribution is 2.37. The Morgan fingerprint density at radius 3 is 2.41 bits per heavy atom. The number of carbonyl (C=O) groups is 1. The van der Waals surface area contributed by atoms with Crippen LogP contribution in [-0.4, -0.2) is 10.9 Å². The number of benzene rings is 3. The molecule has 0 radical (unpaired) electrons. The van der Waals surface area contributed by atoms with E-state index in [1.54, 1.807) is 16.2 Å². The van der Waals surface area contributed by atoms with E-state index < -0.39 is 0 Å². The van der Waals surface area contributed by atoms with Gasteiger partial charge in [-0.15, -0.1) is 11.3 Å². The van der Waals surface area contributed by atoms with E-state index in [0.717, 1.165) is 32.6 Å². The second-order valence-corrected chi connectivity index (χ2v) is 7.56. The van der Waals surface area contributed by atoms with Crippen molar-refractivity contribution in [1.29, 1.82) is 0 Å². The van der Waals surface area contributed by atoms with Crippen molar-refractivity contribution in [3.63, 3.8) is 0 Å². The Morgan fingerprint density at radius 1 is 0.963 bits per heavy atom. The Bertz CT molecular complexity index is 1100. The lowest BCUT2D eigenvalue weighted by atomic mass is 10.1. The molecule has 0 bridgehead atoms. The van der Waals surface area contributed by atoms with Gasteiger partial charge in [0.05, 0.1) is 11.4 Å². The van der Waals surface area contributed by atoms with Crippen molar-refractivity contribution >= 4 is 38.8 Å². The molecule has 4 aromatic rings. The average molecular weight is 372 g/mol. The molecule has 1 heterocycles. The van der Waals surface area contributed by atoms with Gasteiger partial charge >= 0.3 is 0 Å². The lowest BCUT2D eigenvalue weighted by molar-refractivity contribution is -0.117. The maximum Gasteiger partial charge on any atom is 0.233 e. The quantitative estimate of drug-likeness (QED) is 0.418. The number of amides is 1. The molecule has 0 saturated heterocycles. The monoisotopic (exact) mass is 372 g/mol. The molecule has 0 spiro atoms. The van der Waals surface area contributed by atoms with Crippen LogP contribution in [0.3, 0.4) is 0 Å². The van der Waals surface area contributed by atoms with E-state index in [1.165, 1.54) is 0 Å². The fraction of sp³-hybridized carbons (Fsp3) is 0.130. The van der Waals surface area contributed by atoms with E-state index >= 15 is 0 Å². The summed E-state index contributed by atoms with van der Waals surface area (Å²) in [5.74, 6) is 0.0404. The molecule has 1 amide bonds. The largest absolute Gasteiger partial charge is 0.274 e. The van der Waals surface area contributed by atoms with E-state index in [0.29, 0.717) is 11.6 Å². The number of thiazole rings is 1. The van der Waals surface area contributed by atoms with E-state index in [-0.39, 0.29) is 5.91 Å². The van der Waals surface area contributed by atoms with Gasteiger partial charge in [-0.3, -0.25) is 9.69 Å². The van der Waals surface area contributed by atoms with Crippen LogP contribution in [0.1, 0.15) is 18.2 Å². The number of anilines is 2. The van der Waals surface area contributed by atoms with Gasteiger partial charge in [0.1, 0.15) is 0 Å². The standard InChI is InChI=1S/C23H20N2OS/c1-3-21(26)25(20-14-13-17-9-7-8-12-19(17)15-20)23-24-22(16(2)27-23)18-10-5-4-6-11-18/h4-15H,3H2,1-2H3. The van der Waals surface area contributed by atoms with Crippen LogP contribution in [0.15, 0.2) is 72.8 Å². The Balaban J connectivity index is 1.82. The third-order valence-electron chi connectivity index (χ3n) is 4.57. The molecule has 4 rings (SSSR count). The molecule has 0 N–H and O–H groups in total. The second kappa shape index (κ2) is 7.33. The number of hydrogen-bond acceptors (Lipinski definition) is 3. The van der Waals surface area contributed by atoms with Crippen molar-refractivity contribution in [2.45, 2.75) is 20.3 Å². The fourth-order valence-electron chi connectivity index (χ4n) is 3.18. The maximum atomic E-state index is 12.8. The topological polar surface area (TPSA) is 33.2 Å². The SMILES string of the molecule is CCC(=O)N(c1ccc2ccccc2c1)c1nc(-c2ccccc2)c(C)s1. The minimum absolute atomic E-state index is 0.0404. The second-order valence-electron chi connectivity index (χ2n) is 6.38. The summed E-state index contributed by atoms with van der Waals surface area (Å²) < 4.78 is 0. The first kappa shape index (κ1) is 17.4. The molecule has 0 saturated carbocycles. The summed E-state index contributed by atoms with van der Waals surface area (Å²) in [6.07, 6.45) is 0.423. The molecule has 3 nitrogen and oxygen atoms in total. The number of fused-ring (bicyclic) bond motifs is 1. The fourth-order valence-corrected chi connectivity index (χ4v) is 4.15. The summed E-state index contributed by atoms with van der Waals surface area (Å²) in [6.45, 7) is 3.94. The van der Waals surface area contributed by atoms with Crippen molar-refractivity contribution in [1.82, 2.24) is 4.98 Å². The normalized spacial score (nSPS) is 10.9. The van der Waals surface area contributed by atoms with Gasteiger partial charge in [0.15, 0.2) is 5.13 Å². The van der Waals surface area contributed by atoms with Gasteiger partial charge in [0, 0.05) is 16.9 Å². The smallest absolute Gasteiger partial charge is 0.233 e. The summed E-state index contributed by atoms with van der Waals surface area (Å²) in [6, 6.07) is 24.4. The van der Waals surface area contributed by atoms with Crippen LogP contribution in [0.4, 0.5) is 10.8 Å². The van der Waals surface area contributed by atoms with E-state index in [9.17, 15) is 4.79 Å². The lowest BCUT2D eigenvalue weighted by Crippen LogP contribution is -2.24. The van der Waals surface area contributed by atoms with Gasteiger partial charge in [-0.2, -0.15) is 0 Å². The van der Waals surface area contributed by atoms with Crippen LogP contribution >= 0.6 is 11.3 Å². The molecule has 3 aromatic carbocycles. The molecule has 0 atom stereocenters. The van der Waals surface area contributed by atoms with E-state index in [2.05, 4.69) is 31.2 Å². The first-order valence-corrected chi connectivity index (χ1v) is 9.83. The van der Waals surface area contributed by atoms with Gasteiger partial charge in [0.25, 0.3) is 0 Å². The minimum atomic E-state index is 0.0404. The molecule has 0 unspecified atom stereocenters. The van der Waals surface area contributed by atoms with Crippen LogP contribution in [0.5, 0.6) is 0 Å². The highest BCUT2D eigenvalue weighted by molar-refractivity contribution is 7.16. The van der Waals surface area contributed by atoms with Crippen LogP contribution in [-0.2, 0) is 4.79 Å². The van der Waals surface area contributed by atoms with Crippen molar-refractivity contribution in [2.75, 3.05) is 4.90 Å². The summed E-state index contributed by atoms with van der Waals surface area (Å²) in [4.78, 5) is 20.5. The predicted octanol–water partition coefficient (Wildman–Crippen LogP) is 6.35. The van der Waals surface area contributed by atoms with Crippen molar-refractivity contribution in [3.05, 3.63) is 77.7 Å². The molecule has 0 aliphatic carbocycles. The molecule has 27 heavy (non-hydrogen) atoms. The Morgan fingerprint density at radius 2 is 1.67 bits per heavy atom. The van der Waals surface area contributed by atoms with Crippen LogP contribution < -0.4 is 4.90 Å². The zero-order valence-corrected chi connectivity index (χ0v) is 16.2. The third-order valence-corrected chi connectivity index (χ3v) is 5.52.